The van der Waals surface area contributed by atoms with Crippen LogP contribution in [0.5, 0.6) is 0 Å². The van der Waals surface area contributed by atoms with E-state index in [-0.39, 0.29) is 13.0 Å². The Hall–Kier alpha value is -1.10. The molecule has 0 aliphatic carbocycles. The Kier molecular flexibility index (Phi) is 2.09. The van der Waals surface area contributed by atoms with Gasteiger partial charge < -0.3 is 15.1 Å². The van der Waals surface area contributed by atoms with Gasteiger partial charge in [-0.3, -0.25) is 4.79 Å². The molecule has 0 aromatic rings. The number of β-amino-alcohol motifs (C(OH)–C–C–N with tert-alkyl or cyclic N) is 1. The zero-order valence-corrected chi connectivity index (χ0v) is 5.73. The van der Waals surface area contributed by atoms with Gasteiger partial charge in [-0.1, -0.05) is 0 Å². The smallest absolute Gasteiger partial charge is 0.326 e. The molecule has 1 aliphatic rings. The maximum Gasteiger partial charge on any atom is 0.326 e. The third-order valence-electron chi connectivity index (χ3n) is 1.68. The molecule has 2 N–H and O–H groups in total. The molecule has 0 saturated carbocycles. The molecule has 1 radical (unpaired) electrons. The van der Waals surface area contributed by atoms with E-state index in [2.05, 4.69) is 0 Å². The molecular weight excluding hydrogens is 150 g/mol. The van der Waals surface area contributed by atoms with Crippen LogP contribution in [0.2, 0.25) is 0 Å². The van der Waals surface area contributed by atoms with Crippen molar-refractivity contribution in [2.45, 2.75) is 18.6 Å². The monoisotopic (exact) mass is 158 g/mol. The molecule has 1 heterocycles. The Bertz CT molecular complexity index is 181. The molecule has 1 rings (SSSR count). The molecule has 0 spiro atoms. The van der Waals surface area contributed by atoms with Gasteiger partial charge >= 0.3 is 12.4 Å². The van der Waals surface area contributed by atoms with Crippen LogP contribution in [0.25, 0.3) is 0 Å². The van der Waals surface area contributed by atoms with Crippen molar-refractivity contribution in [2.24, 2.45) is 0 Å². The molecule has 1 saturated heterocycles. The number of hydrogen-bond acceptors (Lipinski definition) is 3. The summed E-state index contributed by atoms with van der Waals surface area (Å²) in [5.74, 6) is -1.09. The average molecular weight is 158 g/mol. The van der Waals surface area contributed by atoms with Crippen LogP contribution in [0.1, 0.15) is 6.42 Å². The van der Waals surface area contributed by atoms with E-state index in [0.717, 1.165) is 4.90 Å². The van der Waals surface area contributed by atoms with Crippen LogP contribution < -0.4 is 0 Å². The molecule has 0 aromatic heterocycles. The van der Waals surface area contributed by atoms with Gasteiger partial charge in [0.2, 0.25) is 0 Å². The number of carbonyl (C=O) groups excluding carboxylic acids is 1. The van der Waals surface area contributed by atoms with E-state index >= 15 is 0 Å². The van der Waals surface area contributed by atoms with Crippen LogP contribution >= 0.6 is 0 Å². The second kappa shape index (κ2) is 2.87. The van der Waals surface area contributed by atoms with Crippen LogP contribution in [-0.2, 0) is 9.59 Å². The zero-order chi connectivity index (χ0) is 8.43. The van der Waals surface area contributed by atoms with E-state index in [1.165, 1.54) is 6.41 Å². The lowest BCUT2D eigenvalue weighted by molar-refractivity contribution is -0.141. The van der Waals surface area contributed by atoms with Gasteiger partial charge in [-0.2, -0.15) is 0 Å². The van der Waals surface area contributed by atoms with Crippen LogP contribution in [0.15, 0.2) is 0 Å². The molecule has 5 heteroatoms. The van der Waals surface area contributed by atoms with Crippen LogP contribution in [-0.4, -0.2) is 46.2 Å². The van der Waals surface area contributed by atoms with Gasteiger partial charge in [-0.15, -0.1) is 0 Å². The minimum absolute atomic E-state index is 0.0699. The van der Waals surface area contributed by atoms with E-state index < -0.39 is 18.1 Å². The SMILES string of the molecule is O=[C]N1C[C@H](O)C[C@@H]1C(=O)O. The first-order chi connectivity index (χ1) is 5.15. The van der Waals surface area contributed by atoms with E-state index in [1.807, 2.05) is 0 Å². The molecule has 0 aromatic carbocycles. The molecule has 11 heavy (non-hydrogen) atoms. The van der Waals surface area contributed by atoms with E-state index in [4.69, 9.17) is 10.2 Å². The van der Waals surface area contributed by atoms with Crippen molar-refractivity contribution in [1.82, 2.24) is 4.90 Å². The summed E-state index contributed by atoms with van der Waals surface area (Å²) in [6, 6.07) is -0.900. The van der Waals surface area contributed by atoms with Gasteiger partial charge in [-0.05, 0) is 0 Å². The molecule has 2 atom stereocenters. The maximum absolute atomic E-state index is 10.4. The Labute approximate surface area is 63.2 Å². The zero-order valence-electron chi connectivity index (χ0n) is 5.73. The minimum Gasteiger partial charge on any atom is -0.480 e. The van der Waals surface area contributed by atoms with Crippen molar-refractivity contribution in [3.8, 4) is 0 Å². The lowest BCUT2D eigenvalue weighted by Gasteiger charge is -2.12. The first-order valence-corrected chi connectivity index (χ1v) is 3.20. The fourth-order valence-electron chi connectivity index (χ4n) is 1.15. The fraction of sp³-hybridized carbons (Fsp3) is 0.667. The number of aliphatic hydroxyl groups is 1. The molecule has 5 nitrogen and oxygen atoms in total. The number of hydrogen-bond donors (Lipinski definition) is 2. The number of amides is 1. The summed E-state index contributed by atoms with van der Waals surface area (Å²) >= 11 is 0. The normalized spacial score (nSPS) is 30.5. The van der Waals surface area contributed by atoms with Gasteiger partial charge in [0, 0.05) is 13.0 Å². The molecule has 0 unspecified atom stereocenters. The second-order valence-corrected chi connectivity index (χ2v) is 2.49. The van der Waals surface area contributed by atoms with Crippen molar-refractivity contribution in [1.29, 1.82) is 0 Å². The molecule has 0 bridgehead atoms. The number of rotatable bonds is 2. The van der Waals surface area contributed by atoms with Gasteiger partial charge in [0.05, 0.1) is 6.10 Å². The summed E-state index contributed by atoms with van der Waals surface area (Å²) < 4.78 is 0. The van der Waals surface area contributed by atoms with Gasteiger partial charge in [-0.25, -0.2) is 4.79 Å². The number of aliphatic carboxylic acids is 1. The first kappa shape index (κ1) is 8.00. The number of carbonyl (C=O) groups is 1. The lowest BCUT2D eigenvalue weighted by atomic mass is 10.2. The number of aliphatic hydroxyl groups excluding tert-OH is 1. The highest BCUT2D eigenvalue weighted by molar-refractivity contribution is 5.77. The van der Waals surface area contributed by atoms with Crippen LogP contribution in [0, 0.1) is 0 Å². The number of nitrogens with zero attached hydrogens (tertiary/aromatic N) is 1. The van der Waals surface area contributed by atoms with Crippen molar-refractivity contribution in [3.05, 3.63) is 0 Å². The maximum atomic E-state index is 10.4. The van der Waals surface area contributed by atoms with Crippen molar-refractivity contribution in [2.75, 3.05) is 6.54 Å². The Morgan fingerprint density at radius 3 is 2.64 bits per heavy atom. The Morgan fingerprint density at radius 2 is 2.27 bits per heavy atom. The third-order valence-corrected chi connectivity index (χ3v) is 1.68. The molecule has 1 amide bonds. The van der Waals surface area contributed by atoms with Gasteiger partial charge in [0.25, 0.3) is 0 Å². The molecule has 61 valence electrons. The largest absolute Gasteiger partial charge is 0.480 e. The standard InChI is InChI=1S/C6H8NO4/c8-3-7-2-4(9)1-5(7)6(10)11/h4-5,9H,1-2H2,(H,10,11)/t4-,5-/m1/s1. The third kappa shape index (κ3) is 1.48. The predicted octanol–water partition coefficient (Wildman–Crippen LogP) is -1.43. The summed E-state index contributed by atoms with van der Waals surface area (Å²) in [7, 11) is 0. The van der Waals surface area contributed by atoms with E-state index in [9.17, 15) is 9.59 Å². The van der Waals surface area contributed by atoms with E-state index in [0.29, 0.717) is 0 Å². The Morgan fingerprint density at radius 1 is 1.64 bits per heavy atom. The number of likely N-dealkylation sites (tertiary alicyclic amines) is 1. The highest BCUT2D eigenvalue weighted by Crippen LogP contribution is 2.15. The Balaban J connectivity index is 2.64. The lowest BCUT2D eigenvalue weighted by Crippen LogP contribution is -2.34. The second-order valence-electron chi connectivity index (χ2n) is 2.49. The summed E-state index contributed by atoms with van der Waals surface area (Å²) in [5.41, 5.74) is 0. The summed E-state index contributed by atoms with van der Waals surface area (Å²) in [6.07, 6.45) is 0.846. The van der Waals surface area contributed by atoms with E-state index in [1.54, 1.807) is 0 Å². The minimum atomic E-state index is -1.09. The van der Waals surface area contributed by atoms with Crippen molar-refractivity contribution in [3.63, 3.8) is 0 Å². The summed E-state index contributed by atoms with van der Waals surface area (Å²) in [4.78, 5) is 21.4. The highest BCUT2D eigenvalue weighted by Gasteiger charge is 2.35. The van der Waals surface area contributed by atoms with Crippen LogP contribution in [0.3, 0.4) is 0 Å². The van der Waals surface area contributed by atoms with Gasteiger partial charge in [0.1, 0.15) is 6.04 Å². The number of carboxylic acids is 1. The van der Waals surface area contributed by atoms with Gasteiger partial charge in [0.15, 0.2) is 0 Å². The van der Waals surface area contributed by atoms with Crippen molar-refractivity contribution < 1.29 is 19.8 Å². The summed E-state index contributed by atoms with van der Waals surface area (Å²) in [5, 5.41) is 17.5. The first-order valence-electron chi connectivity index (χ1n) is 3.20. The molecular formula is C6H8NO4. The van der Waals surface area contributed by atoms with Crippen molar-refractivity contribution >= 4 is 12.4 Å². The predicted molar refractivity (Wildman–Crippen MR) is 34.4 cm³/mol. The highest BCUT2D eigenvalue weighted by atomic mass is 16.4. The topological polar surface area (TPSA) is 77.8 Å². The summed E-state index contributed by atoms with van der Waals surface area (Å²) in [6.45, 7) is 0.0699. The fourth-order valence-corrected chi connectivity index (χ4v) is 1.15. The number of carboxylic acid groups (broad SMARTS) is 1. The average Bonchev–Trinajstić information content (AvgIpc) is 2.30. The quantitative estimate of drug-likeness (QED) is 0.516. The molecule has 1 aliphatic heterocycles. The van der Waals surface area contributed by atoms with Crippen LogP contribution in [0.4, 0.5) is 0 Å². The molecule has 1 fully saturated rings.